The number of nitrogens with one attached hydrogen (secondary N) is 1. The maximum Gasteiger partial charge on any atom is 0.244 e. The van der Waals surface area contributed by atoms with Gasteiger partial charge in [-0.3, -0.25) is 14.5 Å². The number of methoxy groups -OCH3 is 2. The van der Waals surface area contributed by atoms with Crippen LogP contribution in [0.15, 0.2) is 36.4 Å². The highest BCUT2D eigenvalue weighted by Crippen LogP contribution is 2.32. The number of halogens is 1. The first-order chi connectivity index (χ1) is 12.3. The van der Waals surface area contributed by atoms with Crippen LogP contribution in [-0.4, -0.2) is 32.6 Å². The lowest BCUT2D eigenvalue weighted by molar-refractivity contribution is -0.120. The van der Waals surface area contributed by atoms with E-state index in [4.69, 9.17) is 21.1 Å². The Labute approximate surface area is 157 Å². The lowest BCUT2D eigenvalue weighted by atomic mass is 10.2. The summed E-state index contributed by atoms with van der Waals surface area (Å²) < 4.78 is 10.5. The molecule has 2 rings (SSSR count). The number of ether oxygens (including phenoxy) is 2. The second kappa shape index (κ2) is 8.58. The van der Waals surface area contributed by atoms with Gasteiger partial charge in [-0.1, -0.05) is 11.6 Å². The summed E-state index contributed by atoms with van der Waals surface area (Å²) in [4.78, 5) is 25.9. The van der Waals surface area contributed by atoms with Gasteiger partial charge in [0.15, 0.2) is 0 Å². The molecule has 0 atom stereocenters. The Hall–Kier alpha value is -2.73. The zero-order valence-electron chi connectivity index (χ0n) is 15.1. The Bertz CT molecular complexity index is 823. The van der Waals surface area contributed by atoms with E-state index >= 15 is 0 Å². The van der Waals surface area contributed by atoms with Crippen molar-refractivity contribution in [2.24, 2.45) is 0 Å². The van der Waals surface area contributed by atoms with Gasteiger partial charge in [-0.2, -0.15) is 0 Å². The molecule has 1 N–H and O–H groups in total. The van der Waals surface area contributed by atoms with Crippen LogP contribution in [0.1, 0.15) is 12.5 Å². The van der Waals surface area contributed by atoms with Crippen molar-refractivity contribution in [2.75, 3.05) is 31.0 Å². The average Bonchev–Trinajstić information content (AvgIpc) is 2.61. The Morgan fingerprint density at radius 1 is 1.12 bits per heavy atom. The zero-order chi connectivity index (χ0) is 19.3. The van der Waals surface area contributed by atoms with E-state index in [1.54, 1.807) is 43.5 Å². The van der Waals surface area contributed by atoms with Crippen LogP contribution in [0.25, 0.3) is 0 Å². The van der Waals surface area contributed by atoms with Gasteiger partial charge in [0.25, 0.3) is 0 Å². The van der Waals surface area contributed by atoms with Crippen LogP contribution in [0.3, 0.4) is 0 Å². The minimum atomic E-state index is -0.330. The summed E-state index contributed by atoms with van der Waals surface area (Å²) in [5.41, 5.74) is 1.97. The number of nitrogens with zero attached hydrogens (tertiary/aromatic N) is 1. The Balaban J connectivity index is 2.23. The van der Waals surface area contributed by atoms with Gasteiger partial charge < -0.3 is 14.8 Å². The number of carbonyl (C=O) groups excluding carboxylic acids is 2. The molecule has 0 radical (unpaired) electrons. The number of hydrogen-bond acceptors (Lipinski definition) is 4. The highest BCUT2D eigenvalue weighted by Gasteiger charge is 2.20. The Kier molecular flexibility index (Phi) is 6.46. The minimum absolute atomic E-state index is 0.153. The van der Waals surface area contributed by atoms with Crippen LogP contribution in [0, 0.1) is 6.92 Å². The molecular formula is C19H21ClN2O4. The molecule has 0 unspecified atom stereocenters. The van der Waals surface area contributed by atoms with Gasteiger partial charge in [0.1, 0.15) is 18.0 Å². The Morgan fingerprint density at radius 3 is 2.42 bits per heavy atom. The molecule has 0 aromatic heterocycles. The maximum atomic E-state index is 12.5. The average molecular weight is 377 g/mol. The molecule has 138 valence electrons. The topological polar surface area (TPSA) is 67.9 Å². The van der Waals surface area contributed by atoms with Crippen molar-refractivity contribution < 1.29 is 19.1 Å². The summed E-state index contributed by atoms with van der Waals surface area (Å²) in [6.07, 6.45) is 0. The first-order valence-electron chi connectivity index (χ1n) is 7.92. The van der Waals surface area contributed by atoms with E-state index in [2.05, 4.69) is 5.32 Å². The van der Waals surface area contributed by atoms with E-state index in [1.165, 1.54) is 18.9 Å². The van der Waals surface area contributed by atoms with E-state index in [-0.39, 0.29) is 18.4 Å². The second-order valence-electron chi connectivity index (χ2n) is 5.65. The monoisotopic (exact) mass is 376 g/mol. The lowest BCUT2D eigenvalue weighted by Gasteiger charge is -2.23. The quantitative estimate of drug-likeness (QED) is 0.835. The number of rotatable bonds is 6. The summed E-state index contributed by atoms with van der Waals surface area (Å²) in [5, 5.41) is 3.39. The molecule has 0 saturated heterocycles. The molecule has 0 spiro atoms. The fourth-order valence-electron chi connectivity index (χ4n) is 2.47. The van der Waals surface area contributed by atoms with E-state index in [1.807, 2.05) is 6.92 Å². The van der Waals surface area contributed by atoms with Crippen LogP contribution in [-0.2, 0) is 9.59 Å². The van der Waals surface area contributed by atoms with E-state index in [0.717, 1.165) is 5.56 Å². The number of anilines is 2. The molecule has 26 heavy (non-hydrogen) atoms. The molecule has 0 bridgehead atoms. The lowest BCUT2D eigenvalue weighted by Crippen LogP contribution is -2.37. The Morgan fingerprint density at radius 2 is 1.85 bits per heavy atom. The second-order valence-corrected chi connectivity index (χ2v) is 6.09. The molecule has 0 aliphatic heterocycles. The van der Waals surface area contributed by atoms with Crippen LogP contribution in [0.2, 0.25) is 5.02 Å². The normalized spacial score (nSPS) is 10.2. The van der Waals surface area contributed by atoms with Crippen molar-refractivity contribution >= 4 is 34.8 Å². The highest BCUT2D eigenvalue weighted by molar-refractivity contribution is 6.30. The molecule has 2 aromatic rings. The van der Waals surface area contributed by atoms with Gasteiger partial charge in [-0.15, -0.1) is 0 Å². The summed E-state index contributed by atoms with van der Waals surface area (Å²) in [7, 11) is 3.03. The number of hydrogen-bond donors (Lipinski definition) is 1. The molecule has 6 nitrogen and oxygen atoms in total. The SMILES string of the molecule is COc1ccc(N(CC(=O)Nc2ccc(Cl)cc2C)C(C)=O)c(OC)c1. The molecular weight excluding hydrogens is 356 g/mol. The van der Waals surface area contributed by atoms with Gasteiger partial charge in [-0.05, 0) is 42.8 Å². The smallest absolute Gasteiger partial charge is 0.244 e. The highest BCUT2D eigenvalue weighted by atomic mass is 35.5. The molecule has 0 aliphatic rings. The van der Waals surface area contributed by atoms with Crippen molar-refractivity contribution in [3.05, 3.63) is 47.0 Å². The minimum Gasteiger partial charge on any atom is -0.497 e. The van der Waals surface area contributed by atoms with Crippen LogP contribution >= 0.6 is 11.6 Å². The van der Waals surface area contributed by atoms with Crippen molar-refractivity contribution in [2.45, 2.75) is 13.8 Å². The van der Waals surface area contributed by atoms with E-state index in [9.17, 15) is 9.59 Å². The molecule has 0 saturated carbocycles. The third-order valence-corrected chi connectivity index (χ3v) is 4.06. The van der Waals surface area contributed by atoms with Gasteiger partial charge in [-0.25, -0.2) is 0 Å². The summed E-state index contributed by atoms with van der Waals surface area (Å²) in [6.45, 7) is 3.08. The van der Waals surface area contributed by atoms with Gasteiger partial charge in [0.05, 0.1) is 19.9 Å². The molecule has 2 amide bonds. The van der Waals surface area contributed by atoms with Crippen molar-refractivity contribution in [3.8, 4) is 11.5 Å². The van der Waals surface area contributed by atoms with Crippen molar-refractivity contribution in [1.29, 1.82) is 0 Å². The van der Waals surface area contributed by atoms with Crippen molar-refractivity contribution in [3.63, 3.8) is 0 Å². The molecule has 0 heterocycles. The van der Waals surface area contributed by atoms with Gasteiger partial charge in [0.2, 0.25) is 11.8 Å². The number of carbonyl (C=O) groups is 2. The predicted molar refractivity (Wildman–Crippen MR) is 102 cm³/mol. The fraction of sp³-hybridized carbons (Fsp3) is 0.263. The predicted octanol–water partition coefficient (Wildman–Crippen LogP) is 3.66. The fourth-order valence-corrected chi connectivity index (χ4v) is 2.70. The van der Waals surface area contributed by atoms with Crippen LogP contribution < -0.4 is 19.7 Å². The molecule has 0 aliphatic carbocycles. The van der Waals surface area contributed by atoms with E-state index in [0.29, 0.717) is 27.9 Å². The van der Waals surface area contributed by atoms with Gasteiger partial charge in [0, 0.05) is 23.7 Å². The summed E-state index contributed by atoms with van der Waals surface area (Å²) in [6, 6.07) is 10.2. The maximum absolute atomic E-state index is 12.5. The van der Waals surface area contributed by atoms with Crippen molar-refractivity contribution in [1.82, 2.24) is 0 Å². The number of benzene rings is 2. The number of amides is 2. The standard InChI is InChI=1S/C19H21ClN2O4/c1-12-9-14(20)5-7-16(12)21-19(24)11-22(13(2)23)17-8-6-15(25-3)10-18(17)26-4/h5-10H,11H2,1-4H3,(H,21,24). The molecule has 2 aromatic carbocycles. The number of aryl methyl sites for hydroxylation is 1. The largest absolute Gasteiger partial charge is 0.497 e. The molecule has 0 fully saturated rings. The molecule has 7 heteroatoms. The van der Waals surface area contributed by atoms with Crippen LogP contribution in [0.5, 0.6) is 11.5 Å². The van der Waals surface area contributed by atoms with Crippen LogP contribution in [0.4, 0.5) is 11.4 Å². The van der Waals surface area contributed by atoms with E-state index < -0.39 is 0 Å². The first kappa shape index (κ1) is 19.6. The third kappa shape index (κ3) is 4.67. The summed E-state index contributed by atoms with van der Waals surface area (Å²) in [5.74, 6) is 0.422. The summed E-state index contributed by atoms with van der Waals surface area (Å²) >= 11 is 5.93. The van der Waals surface area contributed by atoms with Gasteiger partial charge >= 0.3 is 0 Å². The third-order valence-electron chi connectivity index (χ3n) is 3.82. The zero-order valence-corrected chi connectivity index (χ0v) is 15.9. The first-order valence-corrected chi connectivity index (χ1v) is 8.29.